The van der Waals surface area contributed by atoms with Crippen molar-refractivity contribution in [3.8, 4) is 0 Å². The molecule has 21 heavy (non-hydrogen) atoms. The number of hydrogen-bond acceptors (Lipinski definition) is 5. The second-order valence-electron chi connectivity index (χ2n) is 4.70. The average Bonchev–Trinajstić information content (AvgIpc) is 2.78. The molecule has 1 heterocycles. The topological polar surface area (TPSA) is 116 Å². The van der Waals surface area contributed by atoms with Gasteiger partial charge in [0.2, 0.25) is 20.0 Å². The minimum absolute atomic E-state index is 0.326. The number of primary sulfonamides is 1. The molecule has 1 aromatic carbocycles. The number of sulfonamides is 2. The molecule has 1 aliphatic heterocycles. The third-order valence-corrected chi connectivity index (χ3v) is 5.25. The summed E-state index contributed by atoms with van der Waals surface area (Å²) < 4.78 is 67.3. The smallest absolute Gasteiger partial charge is 0.240 e. The predicted molar refractivity (Wildman–Crippen MR) is 74.2 cm³/mol. The van der Waals surface area contributed by atoms with E-state index in [0.29, 0.717) is 13.0 Å². The molecule has 0 aromatic heterocycles. The van der Waals surface area contributed by atoms with Crippen LogP contribution in [-0.2, 0) is 24.8 Å². The molecule has 1 aromatic rings. The van der Waals surface area contributed by atoms with Crippen LogP contribution in [0.2, 0.25) is 0 Å². The van der Waals surface area contributed by atoms with Gasteiger partial charge in [-0.05, 0) is 31.0 Å². The molecule has 0 radical (unpaired) electrons. The van der Waals surface area contributed by atoms with Crippen LogP contribution in [-0.4, -0.2) is 35.3 Å². The monoisotopic (exact) mass is 338 g/mol. The first-order chi connectivity index (χ1) is 9.67. The maximum atomic E-state index is 13.2. The molecule has 0 spiro atoms. The van der Waals surface area contributed by atoms with Gasteiger partial charge in [0.1, 0.15) is 10.7 Å². The third-order valence-electron chi connectivity index (χ3n) is 2.94. The molecule has 0 amide bonds. The number of ether oxygens (including phenoxy) is 1. The molecule has 1 atom stereocenters. The summed E-state index contributed by atoms with van der Waals surface area (Å²) in [5.74, 6) is -1.11. The highest BCUT2D eigenvalue weighted by Gasteiger charge is 2.25. The van der Waals surface area contributed by atoms with Crippen molar-refractivity contribution in [1.82, 2.24) is 0 Å². The number of rotatable bonds is 5. The maximum absolute atomic E-state index is 13.2. The highest BCUT2D eigenvalue weighted by atomic mass is 32.2. The molecule has 1 fully saturated rings. The highest BCUT2D eigenvalue weighted by Crippen LogP contribution is 2.23. The average molecular weight is 338 g/mol. The van der Waals surface area contributed by atoms with E-state index in [4.69, 9.17) is 9.88 Å². The Morgan fingerprint density at radius 3 is 2.62 bits per heavy atom. The lowest BCUT2D eigenvalue weighted by molar-refractivity contribution is 0.127. The second kappa shape index (κ2) is 5.87. The first kappa shape index (κ1) is 16.1. The van der Waals surface area contributed by atoms with Crippen molar-refractivity contribution in [2.45, 2.75) is 23.8 Å². The molecule has 10 heteroatoms. The van der Waals surface area contributed by atoms with Crippen LogP contribution in [0.25, 0.3) is 0 Å². The van der Waals surface area contributed by atoms with E-state index in [9.17, 15) is 21.2 Å². The molecule has 1 aliphatic rings. The summed E-state index contributed by atoms with van der Waals surface area (Å²) in [6, 6.07) is 2.57. The van der Waals surface area contributed by atoms with Gasteiger partial charge in [-0.1, -0.05) is 0 Å². The van der Waals surface area contributed by atoms with Gasteiger partial charge >= 0.3 is 0 Å². The molecule has 0 aliphatic carbocycles. The van der Waals surface area contributed by atoms with Crippen LogP contribution in [0.4, 0.5) is 10.1 Å². The van der Waals surface area contributed by atoms with E-state index in [1.165, 1.54) is 0 Å². The van der Waals surface area contributed by atoms with Crippen molar-refractivity contribution in [2.24, 2.45) is 5.14 Å². The van der Waals surface area contributed by atoms with Crippen molar-refractivity contribution >= 4 is 25.7 Å². The lowest BCUT2D eigenvalue weighted by atomic mass is 10.3. The molecule has 2 rings (SSSR count). The number of benzene rings is 1. The largest absolute Gasteiger partial charge is 0.377 e. The van der Waals surface area contributed by atoms with Gasteiger partial charge < -0.3 is 4.74 Å². The van der Waals surface area contributed by atoms with Crippen molar-refractivity contribution in [3.05, 3.63) is 24.0 Å². The van der Waals surface area contributed by atoms with Crippen molar-refractivity contribution in [1.29, 1.82) is 0 Å². The van der Waals surface area contributed by atoms with Crippen LogP contribution < -0.4 is 9.86 Å². The Morgan fingerprint density at radius 2 is 2.05 bits per heavy atom. The quantitative estimate of drug-likeness (QED) is 0.806. The van der Waals surface area contributed by atoms with Gasteiger partial charge in [-0.25, -0.2) is 26.4 Å². The summed E-state index contributed by atoms with van der Waals surface area (Å²) in [5.41, 5.74) is -0.407. The first-order valence-electron chi connectivity index (χ1n) is 6.12. The number of halogens is 1. The standard InChI is InChI=1S/C11H15FN2O5S2/c12-8-3-4-11(21(13,17)18)10(6-8)14-20(15,16)7-9-2-1-5-19-9/h3-4,6,9,14H,1-2,5,7H2,(H2,13,17,18). The van der Waals surface area contributed by atoms with Crippen LogP contribution in [0, 0.1) is 5.82 Å². The molecule has 0 bridgehead atoms. The Bertz CT molecular complexity index is 727. The minimum atomic E-state index is -4.17. The van der Waals surface area contributed by atoms with E-state index < -0.39 is 42.6 Å². The molecule has 7 nitrogen and oxygen atoms in total. The Labute approximate surface area is 122 Å². The molecule has 3 N–H and O–H groups in total. The molecule has 1 unspecified atom stereocenters. The zero-order valence-electron chi connectivity index (χ0n) is 11.0. The van der Waals surface area contributed by atoms with Gasteiger partial charge in [-0.2, -0.15) is 0 Å². The van der Waals surface area contributed by atoms with E-state index in [2.05, 4.69) is 4.72 Å². The van der Waals surface area contributed by atoms with Crippen molar-refractivity contribution < 1.29 is 26.0 Å². The Hall–Kier alpha value is -1.23. The Morgan fingerprint density at radius 1 is 1.33 bits per heavy atom. The van der Waals surface area contributed by atoms with Gasteiger partial charge in [0.25, 0.3) is 0 Å². The van der Waals surface area contributed by atoms with Crippen LogP contribution in [0.3, 0.4) is 0 Å². The number of hydrogen-bond donors (Lipinski definition) is 2. The van der Waals surface area contributed by atoms with Crippen molar-refractivity contribution in [3.63, 3.8) is 0 Å². The van der Waals surface area contributed by atoms with Gasteiger partial charge in [-0.15, -0.1) is 0 Å². The second-order valence-corrected chi connectivity index (χ2v) is 8.00. The summed E-state index contributed by atoms with van der Waals surface area (Å²) in [5, 5.41) is 4.98. The fourth-order valence-electron chi connectivity index (χ4n) is 2.06. The van der Waals surface area contributed by atoms with E-state index >= 15 is 0 Å². The minimum Gasteiger partial charge on any atom is -0.377 e. The van der Waals surface area contributed by atoms with Gasteiger partial charge in [0, 0.05) is 6.61 Å². The molecule has 0 saturated carbocycles. The fourth-order valence-corrected chi connectivity index (χ4v) is 4.14. The van der Waals surface area contributed by atoms with Crippen LogP contribution in [0.5, 0.6) is 0 Å². The molecular formula is C11H15FN2O5S2. The fraction of sp³-hybridized carbons (Fsp3) is 0.455. The number of nitrogens with two attached hydrogens (primary N) is 1. The molecular weight excluding hydrogens is 323 g/mol. The normalized spacial score (nSPS) is 19.6. The van der Waals surface area contributed by atoms with Gasteiger partial charge in [-0.3, -0.25) is 4.72 Å². The van der Waals surface area contributed by atoms with E-state index in [-0.39, 0.29) is 5.75 Å². The summed E-state index contributed by atoms with van der Waals surface area (Å²) in [7, 11) is -8.05. The predicted octanol–water partition coefficient (Wildman–Crippen LogP) is 0.394. The zero-order valence-corrected chi connectivity index (χ0v) is 12.6. The summed E-state index contributed by atoms with van der Waals surface area (Å²) >= 11 is 0. The lowest BCUT2D eigenvalue weighted by Gasteiger charge is -2.14. The van der Waals surface area contributed by atoms with Crippen molar-refractivity contribution in [2.75, 3.05) is 17.1 Å². The van der Waals surface area contributed by atoms with E-state index in [0.717, 1.165) is 24.6 Å². The highest BCUT2D eigenvalue weighted by molar-refractivity contribution is 7.93. The SMILES string of the molecule is NS(=O)(=O)c1ccc(F)cc1NS(=O)(=O)CC1CCCO1. The maximum Gasteiger partial charge on any atom is 0.240 e. The third kappa shape index (κ3) is 4.37. The first-order valence-corrected chi connectivity index (χ1v) is 9.32. The number of anilines is 1. The molecule has 1 saturated heterocycles. The summed E-state index contributed by atoms with van der Waals surface area (Å²) in [4.78, 5) is -0.486. The number of nitrogens with one attached hydrogen (secondary N) is 1. The summed E-state index contributed by atoms with van der Waals surface area (Å²) in [6.45, 7) is 0.489. The van der Waals surface area contributed by atoms with Crippen LogP contribution in [0.15, 0.2) is 23.1 Å². The zero-order chi connectivity index (χ0) is 15.7. The Balaban J connectivity index is 2.27. The van der Waals surface area contributed by atoms with Gasteiger partial charge in [0.05, 0.1) is 17.5 Å². The molecule has 118 valence electrons. The van der Waals surface area contributed by atoms with Crippen LogP contribution >= 0.6 is 0 Å². The van der Waals surface area contributed by atoms with E-state index in [1.54, 1.807) is 0 Å². The lowest BCUT2D eigenvalue weighted by Crippen LogP contribution is -2.27. The van der Waals surface area contributed by atoms with E-state index in [1.807, 2.05) is 0 Å². The Kier molecular flexibility index (Phi) is 4.51. The van der Waals surface area contributed by atoms with Crippen LogP contribution in [0.1, 0.15) is 12.8 Å². The summed E-state index contributed by atoms with van der Waals surface area (Å²) in [6.07, 6.45) is 0.920. The van der Waals surface area contributed by atoms with Gasteiger partial charge in [0.15, 0.2) is 0 Å².